The third kappa shape index (κ3) is 2.39. The highest BCUT2D eigenvalue weighted by atomic mass is 15.1. The molecule has 0 bridgehead atoms. The molecule has 1 aromatic rings. The SMILES string of the molecule is CC1CCN(CC2(c3ccc(N)cc3)CC2)CC1. The summed E-state index contributed by atoms with van der Waals surface area (Å²) < 4.78 is 0. The van der Waals surface area contributed by atoms with Crippen LogP contribution >= 0.6 is 0 Å². The smallest absolute Gasteiger partial charge is 0.0314 e. The molecule has 0 spiro atoms. The van der Waals surface area contributed by atoms with Gasteiger partial charge in [-0.2, -0.15) is 0 Å². The molecule has 1 saturated carbocycles. The Morgan fingerprint density at radius 1 is 1.17 bits per heavy atom. The van der Waals surface area contributed by atoms with Crippen molar-refractivity contribution >= 4 is 5.69 Å². The van der Waals surface area contributed by atoms with Crippen molar-refractivity contribution in [2.45, 2.75) is 38.0 Å². The molecule has 0 unspecified atom stereocenters. The van der Waals surface area contributed by atoms with Crippen molar-refractivity contribution in [3.8, 4) is 0 Å². The van der Waals surface area contributed by atoms with Crippen molar-refractivity contribution in [3.63, 3.8) is 0 Å². The van der Waals surface area contributed by atoms with E-state index in [1.807, 2.05) is 12.1 Å². The van der Waals surface area contributed by atoms with Gasteiger partial charge in [-0.25, -0.2) is 0 Å². The van der Waals surface area contributed by atoms with Crippen molar-refractivity contribution in [1.82, 2.24) is 4.90 Å². The number of hydrogen-bond donors (Lipinski definition) is 1. The van der Waals surface area contributed by atoms with Crippen LogP contribution < -0.4 is 5.73 Å². The minimum Gasteiger partial charge on any atom is -0.399 e. The molecule has 1 heterocycles. The lowest BCUT2D eigenvalue weighted by molar-refractivity contribution is 0.177. The van der Waals surface area contributed by atoms with Crippen LogP contribution in [0.15, 0.2) is 24.3 Å². The molecule has 1 aliphatic heterocycles. The number of hydrogen-bond acceptors (Lipinski definition) is 2. The summed E-state index contributed by atoms with van der Waals surface area (Å²) in [5.41, 5.74) is 8.60. The first kappa shape index (κ1) is 12.0. The summed E-state index contributed by atoms with van der Waals surface area (Å²) in [5, 5.41) is 0. The van der Waals surface area contributed by atoms with E-state index >= 15 is 0 Å². The van der Waals surface area contributed by atoms with Gasteiger partial charge in [0.2, 0.25) is 0 Å². The average molecular weight is 244 g/mol. The maximum Gasteiger partial charge on any atom is 0.0314 e. The van der Waals surface area contributed by atoms with E-state index in [2.05, 4.69) is 24.0 Å². The van der Waals surface area contributed by atoms with Crippen LogP contribution in [-0.4, -0.2) is 24.5 Å². The minimum absolute atomic E-state index is 0.453. The van der Waals surface area contributed by atoms with Gasteiger partial charge in [0.05, 0.1) is 0 Å². The molecule has 2 aliphatic rings. The molecule has 3 rings (SSSR count). The summed E-state index contributed by atoms with van der Waals surface area (Å²) >= 11 is 0. The van der Waals surface area contributed by atoms with Gasteiger partial charge in [-0.3, -0.25) is 0 Å². The number of nitrogens with two attached hydrogens (primary N) is 1. The van der Waals surface area contributed by atoms with Crippen LogP contribution in [0.3, 0.4) is 0 Å². The van der Waals surface area contributed by atoms with E-state index in [9.17, 15) is 0 Å². The number of nitrogens with zero attached hydrogens (tertiary/aromatic N) is 1. The predicted molar refractivity (Wildman–Crippen MR) is 76.6 cm³/mol. The molecular weight excluding hydrogens is 220 g/mol. The topological polar surface area (TPSA) is 29.3 Å². The zero-order valence-corrected chi connectivity index (χ0v) is 11.4. The first-order valence-electron chi connectivity index (χ1n) is 7.26. The summed E-state index contributed by atoms with van der Waals surface area (Å²) in [6, 6.07) is 8.56. The second kappa shape index (κ2) is 4.58. The Morgan fingerprint density at radius 3 is 2.33 bits per heavy atom. The van der Waals surface area contributed by atoms with Gasteiger partial charge in [-0.1, -0.05) is 19.1 Å². The van der Waals surface area contributed by atoms with Crippen molar-refractivity contribution < 1.29 is 0 Å². The fraction of sp³-hybridized carbons (Fsp3) is 0.625. The standard InChI is InChI=1S/C16H24N2/c1-13-6-10-18(11-7-13)12-16(8-9-16)14-2-4-15(17)5-3-14/h2-5,13H,6-12,17H2,1H3. The van der Waals surface area contributed by atoms with Crippen molar-refractivity contribution in [1.29, 1.82) is 0 Å². The second-order valence-corrected chi connectivity index (χ2v) is 6.36. The molecule has 18 heavy (non-hydrogen) atoms. The van der Waals surface area contributed by atoms with Crippen molar-refractivity contribution in [3.05, 3.63) is 29.8 Å². The molecular formula is C16H24N2. The minimum atomic E-state index is 0.453. The highest BCUT2D eigenvalue weighted by Crippen LogP contribution is 2.49. The quantitative estimate of drug-likeness (QED) is 0.828. The van der Waals surface area contributed by atoms with E-state index < -0.39 is 0 Å². The van der Waals surface area contributed by atoms with Crippen LogP contribution in [0.25, 0.3) is 0 Å². The third-order valence-corrected chi connectivity index (χ3v) is 4.78. The van der Waals surface area contributed by atoms with Crippen LogP contribution in [-0.2, 0) is 5.41 Å². The number of likely N-dealkylation sites (tertiary alicyclic amines) is 1. The lowest BCUT2D eigenvalue weighted by Crippen LogP contribution is -2.38. The van der Waals surface area contributed by atoms with E-state index in [-0.39, 0.29) is 0 Å². The Kier molecular flexibility index (Phi) is 3.06. The Morgan fingerprint density at radius 2 is 1.78 bits per heavy atom. The summed E-state index contributed by atoms with van der Waals surface area (Å²) in [4.78, 5) is 2.67. The van der Waals surface area contributed by atoms with Gasteiger partial charge >= 0.3 is 0 Å². The second-order valence-electron chi connectivity index (χ2n) is 6.36. The zero-order valence-electron chi connectivity index (χ0n) is 11.4. The normalized spacial score (nSPS) is 24.1. The number of piperidine rings is 1. The number of rotatable bonds is 3. The molecule has 98 valence electrons. The maximum atomic E-state index is 5.78. The largest absolute Gasteiger partial charge is 0.399 e. The fourth-order valence-electron chi connectivity index (χ4n) is 3.17. The van der Waals surface area contributed by atoms with E-state index in [1.165, 1.54) is 50.9 Å². The Labute approximate surface area is 110 Å². The van der Waals surface area contributed by atoms with Gasteiger partial charge in [0, 0.05) is 17.6 Å². The molecule has 0 radical (unpaired) electrons. The van der Waals surface area contributed by atoms with E-state index in [4.69, 9.17) is 5.73 Å². The molecule has 2 nitrogen and oxygen atoms in total. The Bertz CT molecular complexity index is 398. The molecule has 0 amide bonds. The lowest BCUT2D eigenvalue weighted by atomic mass is 9.92. The Balaban J connectivity index is 1.66. The third-order valence-electron chi connectivity index (χ3n) is 4.78. The molecule has 2 fully saturated rings. The maximum absolute atomic E-state index is 5.78. The van der Waals surface area contributed by atoms with Crippen LogP contribution in [0.2, 0.25) is 0 Å². The predicted octanol–water partition coefficient (Wildman–Crippen LogP) is 3.03. The van der Waals surface area contributed by atoms with Gasteiger partial charge in [0.25, 0.3) is 0 Å². The first-order valence-corrected chi connectivity index (χ1v) is 7.26. The van der Waals surface area contributed by atoms with Crippen molar-refractivity contribution in [2.75, 3.05) is 25.4 Å². The highest BCUT2D eigenvalue weighted by Gasteiger charge is 2.45. The molecule has 0 aromatic heterocycles. The van der Waals surface area contributed by atoms with Gasteiger partial charge in [0.15, 0.2) is 0 Å². The van der Waals surface area contributed by atoms with Crippen LogP contribution in [0.5, 0.6) is 0 Å². The number of anilines is 1. The Hall–Kier alpha value is -1.02. The molecule has 2 N–H and O–H groups in total. The molecule has 0 atom stereocenters. The van der Waals surface area contributed by atoms with E-state index in [0.717, 1.165) is 11.6 Å². The molecule has 1 aliphatic carbocycles. The summed E-state index contributed by atoms with van der Waals surface area (Å²) in [6.45, 7) is 6.21. The van der Waals surface area contributed by atoms with Gasteiger partial charge in [-0.15, -0.1) is 0 Å². The van der Waals surface area contributed by atoms with Gasteiger partial charge in [-0.05, 0) is 62.4 Å². The average Bonchev–Trinajstić information content (AvgIpc) is 3.14. The van der Waals surface area contributed by atoms with Gasteiger partial charge in [0.1, 0.15) is 0 Å². The molecule has 2 heteroatoms. The molecule has 1 saturated heterocycles. The lowest BCUT2D eigenvalue weighted by Gasteiger charge is -2.33. The number of nitrogen functional groups attached to an aromatic ring is 1. The number of benzene rings is 1. The summed E-state index contributed by atoms with van der Waals surface area (Å²) in [7, 11) is 0. The first-order chi connectivity index (χ1) is 8.68. The van der Waals surface area contributed by atoms with Crippen LogP contribution in [0.4, 0.5) is 5.69 Å². The van der Waals surface area contributed by atoms with Gasteiger partial charge < -0.3 is 10.6 Å². The van der Waals surface area contributed by atoms with Crippen LogP contribution in [0.1, 0.15) is 38.2 Å². The van der Waals surface area contributed by atoms with E-state index in [0.29, 0.717) is 5.41 Å². The fourth-order valence-corrected chi connectivity index (χ4v) is 3.17. The zero-order chi connectivity index (χ0) is 12.6. The summed E-state index contributed by atoms with van der Waals surface area (Å²) in [5.74, 6) is 0.924. The van der Waals surface area contributed by atoms with Crippen LogP contribution in [0, 0.1) is 5.92 Å². The highest BCUT2D eigenvalue weighted by molar-refractivity contribution is 5.43. The molecule has 1 aromatic carbocycles. The monoisotopic (exact) mass is 244 g/mol. The van der Waals surface area contributed by atoms with E-state index in [1.54, 1.807) is 0 Å². The summed E-state index contributed by atoms with van der Waals surface area (Å²) in [6.07, 6.45) is 5.45. The van der Waals surface area contributed by atoms with Crippen molar-refractivity contribution in [2.24, 2.45) is 5.92 Å².